The number of H-pyrrole nitrogens is 1. The van der Waals surface area contributed by atoms with E-state index >= 15 is 0 Å². The predicted molar refractivity (Wildman–Crippen MR) is 102 cm³/mol. The van der Waals surface area contributed by atoms with Crippen LogP contribution in [0.4, 0.5) is 0 Å². The Balaban J connectivity index is 1.44. The average Bonchev–Trinajstić information content (AvgIpc) is 3.04. The number of nitrogens with zero attached hydrogens (tertiary/aromatic N) is 1. The molecule has 2 atom stereocenters. The minimum Gasteiger partial charge on any atom is -0.348 e. The highest BCUT2D eigenvalue weighted by Crippen LogP contribution is 2.30. The van der Waals surface area contributed by atoms with Crippen molar-refractivity contribution in [1.82, 2.24) is 15.3 Å². The highest BCUT2D eigenvalue weighted by molar-refractivity contribution is 8.00. The number of rotatable bonds is 4. The SMILES string of the molecule is C[C@H](Sc1nc2ccccc2[nH]1)C(=O)N[C@@H]1CCCc2ccccc21. The molecule has 2 N–H and O–H groups in total. The van der Waals surface area contributed by atoms with E-state index in [0.717, 1.165) is 35.5 Å². The summed E-state index contributed by atoms with van der Waals surface area (Å²) in [4.78, 5) is 20.5. The number of fused-ring (bicyclic) bond motifs is 2. The number of benzene rings is 2. The van der Waals surface area contributed by atoms with Crippen LogP contribution in [0.15, 0.2) is 53.7 Å². The molecule has 2 aromatic carbocycles. The Hall–Kier alpha value is -2.27. The predicted octanol–water partition coefficient (Wildman–Crippen LogP) is 4.24. The standard InChI is InChI=1S/C20H21N3OS/c1-13(25-20-22-17-10-4-5-11-18(17)23-20)19(24)21-16-12-6-8-14-7-2-3-9-15(14)16/h2-5,7,9-11,13,16H,6,8,12H2,1H3,(H,21,24)(H,22,23)/t13-,16+/m0/s1. The van der Waals surface area contributed by atoms with Crippen molar-refractivity contribution in [2.45, 2.75) is 42.6 Å². The Morgan fingerprint density at radius 1 is 1.24 bits per heavy atom. The van der Waals surface area contributed by atoms with E-state index in [2.05, 4.69) is 39.6 Å². The number of carbonyl (C=O) groups excluding carboxylic acids is 1. The zero-order valence-electron chi connectivity index (χ0n) is 14.2. The number of para-hydroxylation sites is 2. The van der Waals surface area contributed by atoms with Crippen molar-refractivity contribution in [3.05, 3.63) is 59.7 Å². The van der Waals surface area contributed by atoms with Crippen molar-refractivity contribution in [2.75, 3.05) is 0 Å². The maximum atomic E-state index is 12.7. The second kappa shape index (κ2) is 6.92. The third-order valence-electron chi connectivity index (χ3n) is 4.71. The minimum atomic E-state index is -0.199. The molecule has 0 fully saturated rings. The first-order valence-electron chi connectivity index (χ1n) is 8.70. The summed E-state index contributed by atoms with van der Waals surface area (Å²) >= 11 is 1.47. The molecule has 1 amide bonds. The van der Waals surface area contributed by atoms with E-state index < -0.39 is 0 Å². The summed E-state index contributed by atoms with van der Waals surface area (Å²) < 4.78 is 0. The van der Waals surface area contributed by atoms with E-state index in [1.807, 2.05) is 31.2 Å². The van der Waals surface area contributed by atoms with Crippen molar-refractivity contribution < 1.29 is 4.79 Å². The van der Waals surface area contributed by atoms with E-state index in [9.17, 15) is 4.79 Å². The number of nitrogens with one attached hydrogen (secondary N) is 2. The van der Waals surface area contributed by atoms with Gasteiger partial charge in [0.1, 0.15) is 0 Å². The lowest BCUT2D eigenvalue weighted by molar-refractivity contribution is -0.121. The van der Waals surface area contributed by atoms with Gasteiger partial charge < -0.3 is 10.3 Å². The summed E-state index contributed by atoms with van der Waals surface area (Å²) in [5.41, 5.74) is 4.55. The van der Waals surface area contributed by atoms with Gasteiger partial charge in [-0.1, -0.05) is 48.2 Å². The van der Waals surface area contributed by atoms with Gasteiger partial charge in [-0.15, -0.1) is 0 Å². The van der Waals surface area contributed by atoms with E-state index in [4.69, 9.17) is 0 Å². The molecular formula is C20H21N3OS. The van der Waals surface area contributed by atoms with E-state index in [-0.39, 0.29) is 17.2 Å². The summed E-state index contributed by atoms with van der Waals surface area (Å²) in [5.74, 6) is 0.0622. The van der Waals surface area contributed by atoms with Gasteiger partial charge in [0.05, 0.1) is 22.3 Å². The Morgan fingerprint density at radius 2 is 2.04 bits per heavy atom. The lowest BCUT2D eigenvalue weighted by Gasteiger charge is -2.27. The maximum absolute atomic E-state index is 12.7. The van der Waals surface area contributed by atoms with Crippen molar-refractivity contribution in [2.24, 2.45) is 0 Å². The molecule has 25 heavy (non-hydrogen) atoms. The maximum Gasteiger partial charge on any atom is 0.233 e. The van der Waals surface area contributed by atoms with Gasteiger partial charge in [-0.25, -0.2) is 4.98 Å². The number of aryl methyl sites for hydroxylation is 1. The Bertz CT molecular complexity index is 872. The van der Waals surface area contributed by atoms with Crippen molar-refractivity contribution >= 4 is 28.7 Å². The molecule has 1 heterocycles. The van der Waals surface area contributed by atoms with Gasteiger partial charge in [-0.05, 0) is 49.4 Å². The summed E-state index contributed by atoms with van der Waals surface area (Å²) in [7, 11) is 0. The Kier molecular flexibility index (Phi) is 4.49. The molecule has 0 spiro atoms. The number of aromatic nitrogens is 2. The quantitative estimate of drug-likeness (QED) is 0.691. The first kappa shape index (κ1) is 16.2. The van der Waals surface area contributed by atoms with Crippen LogP contribution in [-0.4, -0.2) is 21.1 Å². The highest BCUT2D eigenvalue weighted by atomic mass is 32.2. The van der Waals surface area contributed by atoms with Crippen molar-refractivity contribution in [3.63, 3.8) is 0 Å². The normalized spacial score (nSPS) is 17.9. The van der Waals surface area contributed by atoms with Crippen molar-refractivity contribution in [1.29, 1.82) is 0 Å². The third-order valence-corrected chi connectivity index (χ3v) is 5.70. The fourth-order valence-corrected chi connectivity index (χ4v) is 4.23. The van der Waals surface area contributed by atoms with Crippen LogP contribution in [0.25, 0.3) is 11.0 Å². The van der Waals surface area contributed by atoms with Crippen molar-refractivity contribution in [3.8, 4) is 0 Å². The summed E-state index contributed by atoms with van der Waals surface area (Å²) in [6, 6.07) is 16.5. The third kappa shape index (κ3) is 3.42. The fraction of sp³-hybridized carbons (Fsp3) is 0.300. The first-order chi connectivity index (χ1) is 12.2. The molecule has 4 rings (SSSR count). The van der Waals surface area contributed by atoms with Crippen LogP contribution in [0.2, 0.25) is 0 Å². The van der Waals surface area contributed by atoms with Crippen LogP contribution in [0.5, 0.6) is 0 Å². The molecule has 0 radical (unpaired) electrons. The number of imidazole rings is 1. The molecule has 0 saturated carbocycles. The molecule has 0 unspecified atom stereocenters. The molecule has 5 heteroatoms. The molecular weight excluding hydrogens is 330 g/mol. The highest BCUT2D eigenvalue weighted by Gasteiger charge is 2.24. The average molecular weight is 351 g/mol. The number of hydrogen-bond acceptors (Lipinski definition) is 3. The van der Waals surface area contributed by atoms with E-state index in [1.54, 1.807) is 0 Å². The molecule has 1 aromatic heterocycles. The molecule has 0 aliphatic heterocycles. The van der Waals surface area contributed by atoms with Crippen LogP contribution in [0, 0.1) is 0 Å². The second-order valence-electron chi connectivity index (χ2n) is 6.47. The summed E-state index contributed by atoms with van der Waals surface area (Å²) in [5, 5.41) is 3.81. The molecule has 3 aromatic rings. The zero-order chi connectivity index (χ0) is 17.2. The number of hydrogen-bond donors (Lipinski definition) is 2. The topological polar surface area (TPSA) is 57.8 Å². The van der Waals surface area contributed by atoms with Crippen LogP contribution in [0.1, 0.15) is 36.9 Å². The lowest BCUT2D eigenvalue weighted by atomic mass is 9.88. The lowest BCUT2D eigenvalue weighted by Crippen LogP contribution is -2.35. The monoisotopic (exact) mass is 351 g/mol. The zero-order valence-corrected chi connectivity index (χ0v) is 15.0. The molecule has 128 valence electrons. The summed E-state index contributed by atoms with van der Waals surface area (Å²) in [6.45, 7) is 1.93. The van der Waals surface area contributed by atoms with Gasteiger partial charge in [-0.2, -0.15) is 0 Å². The van der Waals surface area contributed by atoms with Gasteiger partial charge in [-0.3, -0.25) is 4.79 Å². The Morgan fingerprint density at radius 3 is 2.92 bits per heavy atom. The number of amides is 1. The Labute approximate surface area is 151 Å². The molecule has 4 nitrogen and oxygen atoms in total. The largest absolute Gasteiger partial charge is 0.348 e. The first-order valence-corrected chi connectivity index (χ1v) is 9.58. The smallest absolute Gasteiger partial charge is 0.233 e. The number of thioether (sulfide) groups is 1. The van der Waals surface area contributed by atoms with Gasteiger partial charge in [0, 0.05) is 0 Å². The van der Waals surface area contributed by atoms with Gasteiger partial charge in [0.2, 0.25) is 5.91 Å². The van der Waals surface area contributed by atoms with Crippen LogP contribution in [0.3, 0.4) is 0 Å². The van der Waals surface area contributed by atoms with Crippen LogP contribution in [-0.2, 0) is 11.2 Å². The fourth-order valence-electron chi connectivity index (χ4n) is 3.40. The molecule has 1 aliphatic rings. The van der Waals surface area contributed by atoms with Gasteiger partial charge in [0.15, 0.2) is 5.16 Å². The number of aromatic amines is 1. The van der Waals surface area contributed by atoms with Gasteiger partial charge >= 0.3 is 0 Å². The molecule has 0 bridgehead atoms. The van der Waals surface area contributed by atoms with E-state index in [0.29, 0.717) is 0 Å². The van der Waals surface area contributed by atoms with E-state index in [1.165, 1.54) is 22.9 Å². The molecule has 0 saturated heterocycles. The van der Waals surface area contributed by atoms with Gasteiger partial charge in [0.25, 0.3) is 0 Å². The van der Waals surface area contributed by atoms with Crippen LogP contribution >= 0.6 is 11.8 Å². The number of carbonyl (C=O) groups is 1. The minimum absolute atomic E-state index is 0.0622. The summed E-state index contributed by atoms with van der Waals surface area (Å²) in [6.07, 6.45) is 3.23. The van der Waals surface area contributed by atoms with Crippen LogP contribution < -0.4 is 5.32 Å². The second-order valence-corrected chi connectivity index (χ2v) is 7.80. The molecule has 1 aliphatic carbocycles.